The van der Waals surface area contributed by atoms with E-state index in [1.54, 1.807) is 4.90 Å². The van der Waals surface area contributed by atoms with Gasteiger partial charge in [0, 0.05) is 11.7 Å². The third kappa shape index (κ3) is 3.62. The average molecular weight is 439 g/mol. The van der Waals surface area contributed by atoms with Crippen molar-refractivity contribution in [2.75, 3.05) is 18.1 Å². The van der Waals surface area contributed by atoms with Crippen LogP contribution in [0.1, 0.15) is 43.2 Å². The van der Waals surface area contributed by atoms with Crippen molar-refractivity contribution in [2.45, 2.75) is 63.7 Å². The van der Waals surface area contributed by atoms with E-state index >= 15 is 0 Å². The zero-order valence-electron chi connectivity index (χ0n) is 18.6. The van der Waals surface area contributed by atoms with Gasteiger partial charge >= 0.3 is 5.97 Å². The summed E-state index contributed by atoms with van der Waals surface area (Å²) in [5.74, 6) is -2.32. The fraction of sp³-hybridized carbons (Fsp3) is 0.560. The zero-order valence-corrected chi connectivity index (χ0v) is 18.6. The van der Waals surface area contributed by atoms with E-state index in [1.807, 2.05) is 38.1 Å². The van der Waals surface area contributed by atoms with Gasteiger partial charge in [-0.05, 0) is 49.9 Å². The number of rotatable bonds is 5. The molecule has 7 nitrogen and oxygen atoms in total. The molecule has 7 heteroatoms. The predicted molar refractivity (Wildman–Crippen MR) is 118 cm³/mol. The molecule has 1 aromatic rings. The number of fused-ring (bicyclic) bond motifs is 1. The number of amides is 2. The number of benzene rings is 1. The van der Waals surface area contributed by atoms with Crippen molar-refractivity contribution >= 4 is 23.5 Å². The van der Waals surface area contributed by atoms with Gasteiger partial charge in [0.1, 0.15) is 11.5 Å². The second-order valence-electron chi connectivity index (χ2n) is 9.68. The molecule has 2 bridgehead atoms. The molecule has 170 valence electrons. The molecule has 0 aromatic heterocycles. The lowest BCUT2D eigenvalue weighted by Gasteiger charge is -2.24. The molecule has 1 spiro atoms. The van der Waals surface area contributed by atoms with E-state index in [-0.39, 0.29) is 24.5 Å². The minimum Gasteiger partial charge on any atom is -0.455 e. The van der Waals surface area contributed by atoms with Crippen LogP contribution in [0.2, 0.25) is 0 Å². The molecule has 4 atom stereocenters. The van der Waals surface area contributed by atoms with Gasteiger partial charge in [-0.2, -0.15) is 0 Å². The smallest absolute Gasteiger partial charge is 0.313 e. The Bertz CT molecular complexity index is 962. The van der Waals surface area contributed by atoms with Crippen molar-refractivity contribution in [1.29, 1.82) is 0 Å². The van der Waals surface area contributed by atoms with E-state index in [0.717, 1.165) is 42.5 Å². The summed E-state index contributed by atoms with van der Waals surface area (Å²) in [6.45, 7) is 4.04. The lowest BCUT2D eigenvalue weighted by molar-refractivity contribution is -0.155. The van der Waals surface area contributed by atoms with Crippen LogP contribution in [0.25, 0.3) is 0 Å². The minimum atomic E-state index is -0.812. The number of aryl methyl sites for hydroxylation is 2. The first kappa shape index (κ1) is 21.2. The van der Waals surface area contributed by atoms with E-state index in [0.29, 0.717) is 6.54 Å². The summed E-state index contributed by atoms with van der Waals surface area (Å²) in [6.07, 6.45) is 8.65. The maximum atomic E-state index is 13.4. The van der Waals surface area contributed by atoms with Crippen LogP contribution in [0.3, 0.4) is 0 Å². The van der Waals surface area contributed by atoms with Crippen LogP contribution in [0.15, 0.2) is 30.4 Å². The number of ether oxygens (including phenoxy) is 2. The Hall–Kier alpha value is -2.67. The van der Waals surface area contributed by atoms with Crippen molar-refractivity contribution in [3.63, 3.8) is 0 Å². The standard InChI is InChI=1S/C25H30N2O5/c1-15-10-16(2)12-18(11-15)27-14-25-9-8-19(32-25)21(22(25)23(27)29)24(30)31-13-20(28)26-17-6-4-3-5-7-17/h8-12,17,19,21-22H,3-7,13-14H2,1-2H3,(H,26,28)/t19-,21+,22-,25+/m1/s1. The maximum absolute atomic E-state index is 13.4. The van der Waals surface area contributed by atoms with Crippen molar-refractivity contribution in [3.8, 4) is 0 Å². The van der Waals surface area contributed by atoms with Gasteiger partial charge in [0.05, 0.1) is 18.6 Å². The molecule has 1 aromatic carbocycles. The van der Waals surface area contributed by atoms with E-state index < -0.39 is 29.5 Å². The molecule has 1 saturated carbocycles. The highest BCUT2D eigenvalue weighted by Crippen LogP contribution is 2.53. The Morgan fingerprint density at radius 3 is 2.59 bits per heavy atom. The van der Waals surface area contributed by atoms with E-state index in [4.69, 9.17) is 9.47 Å². The molecule has 1 N–H and O–H groups in total. The van der Waals surface area contributed by atoms with Gasteiger partial charge in [-0.3, -0.25) is 14.4 Å². The highest BCUT2D eigenvalue weighted by molar-refractivity contribution is 6.02. The molecule has 5 rings (SSSR count). The fourth-order valence-electron chi connectivity index (χ4n) is 5.84. The predicted octanol–water partition coefficient (Wildman–Crippen LogP) is 2.58. The van der Waals surface area contributed by atoms with Gasteiger partial charge in [0.15, 0.2) is 6.61 Å². The van der Waals surface area contributed by atoms with Crippen molar-refractivity contribution in [1.82, 2.24) is 5.32 Å². The maximum Gasteiger partial charge on any atom is 0.313 e. The lowest BCUT2D eigenvalue weighted by Crippen LogP contribution is -2.42. The molecule has 4 aliphatic rings. The number of carbonyl (C=O) groups excluding carboxylic acids is 3. The van der Waals surface area contributed by atoms with Crippen LogP contribution in [0.4, 0.5) is 5.69 Å². The van der Waals surface area contributed by atoms with Crippen LogP contribution in [-0.2, 0) is 23.9 Å². The summed E-state index contributed by atoms with van der Waals surface area (Å²) in [7, 11) is 0. The third-order valence-electron chi connectivity index (χ3n) is 7.21. The topological polar surface area (TPSA) is 84.9 Å². The van der Waals surface area contributed by atoms with Gasteiger partial charge in [-0.25, -0.2) is 0 Å². The highest BCUT2D eigenvalue weighted by atomic mass is 16.6. The number of nitrogens with one attached hydrogen (secondary N) is 1. The molecular formula is C25H30N2O5. The molecule has 32 heavy (non-hydrogen) atoms. The average Bonchev–Trinajstić information content (AvgIpc) is 3.40. The molecule has 0 unspecified atom stereocenters. The fourth-order valence-corrected chi connectivity index (χ4v) is 5.84. The summed E-state index contributed by atoms with van der Waals surface area (Å²) in [4.78, 5) is 40.4. The molecule has 2 amide bonds. The van der Waals surface area contributed by atoms with Gasteiger partial charge in [-0.15, -0.1) is 0 Å². The summed E-state index contributed by atoms with van der Waals surface area (Å²) in [6, 6.07) is 6.17. The number of esters is 1. The van der Waals surface area contributed by atoms with Crippen molar-refractivity contribution < 1.29 is 23.9 Å². The number of anilines is 1. The monoisotopic (exact) mass is 438 g/mol. The summed E-state index contributed by atoms with van der Waals surface area (Å²) in [5.41, 5.74) is 2.15. The molecule has 3 heterocycles. The number of carbonyl (C=O) groups is 3. The Morgan fingerprint density at radius 1 is 1.16 bits per heavy atom. The second-order valence-corrected chi connectivity index (χ2v) is 9.68. The Kier molecular flexibility index (Phi) is 5.32. The normalized spacial score (nSPS) is 31.1. The number of hydrogen-bond donors (Lipinski definition) is 1. The quantitative estimate of drug-likeness (QED) is 0.564. The summed E-state index contributed by atoms with van der Waals surface area (Å²) < 4.78 is 11.5. The molecule has 1 aliphatic carbocycles. The van der Waals surface area contributed by atoms with Gasteiger partial charge < -0.3 is 19.7 Å². The SMILES string of the molecule is Cc1cc(C)cc(N2C[C@]34C=C[C@@H](O3)[C@H](C(=O)OCC(=O)NC3CCCCC3)[C@@H]4C2=O)c1. The van der Waals surface area contributed by atoms with Gasteiger partial charge in [0.25, 0.3) is 5.91 Å². The van der Waals surface area contributed by atoms with Crippen LogP contribution < -0.4 is 10.2 Å². The number of nitrogens with zero attached hydrogens (tertiary/aromatic N) is 1. The van der Waals surface area contributed by atoms with Crippen LogP contribution in [0, 0.1) is 25.7 Å². The van der Waals surface area contributed by atoms with Gasteiger partial charge in [-0.1, -0.05) is 37.5 Å². The molecular weight excluding hydrogens is 408 g/mol. The van der Waals surface area contributed by atoms with Gasteiger partial charge in [0.2, 0.25) is 5.91 Å². The zero-order chi connectivity index (χ0) is 22.5. The second kappa shape index (κ2) is 8.03. The molecule has 3 aliphatic heterocycles. The summed E-state index contributed by atoms with van der Waals surface area (Å²) >= 11 is 0. The first-order chi connectivity index (χ1) is 15.4. The first-order valence-electron chi connectivity index (χ1n) is 11.6. The summed E-state index contributed by atoms with van der Waals surface area (Å²) in [5, 5.41) is 2.96. The highest BCUT2D eigenvalue weighted by Gasteiger charge is 2.67. The first-order valence-corrected chi connectivity index (χ1v) is 11.6. The third-order valence-corrected chi connectivity index (χ3v) is 7.21. The Balaban J connectivity index is 1.27. The molecule has 0 radical (unpaired) electrons. The minimum absolute atomic E-state index is 0.129. The van der Waals surface area contributed by atoms with E-state index in [1.165, 1.54) is 6.42 Å². The number of hydrogen-bond acceptors (Lipinski definition) is 5. The Labute approximate surface area is 188 Å². The van der Waals surface area contributed by atoms with E-state index in [9.17, 15) is 14.4 Å². The van der Waals surface area contributed by atoms with E-state index in [2.05, 4.69) is 11.4 Å². The van der Waals surface area contributed by atoms with Crippen LogP contribution >= 0.6 is 0 Å². The van der Waals surface area contributed by atoms with Crippen molar-refractivity contribution in [2.24, 2.45) is 11.8 Å². The Morgan fingerprint density at radius 2 is 1.88 bits per heavy atom. The molecule has 3 fully saturated rings. The van der Waals surface area contributed by atoms with Crippen LogP contribution in [0.5, 0.6) is 0 Å². The van der Waals surface area contributed by atoms with Crippen LogP contribution in [-0.4, -0.2) is 48.7 Å². The lowest BCUT2D eigenvalue weighted by atomic mass is 9.77. The van der Waals surface area contributed by atoms with Crippen molar-refractivity contribution in [3.05, 3.63) is 41.5 Å². The largest absolute Gasteiger partial charge is 0.455 e. The molecule has 2 saturated heterocycles.